The largest absolute Gasteiger partial charge is 0.513 e. The number of benzene rings is 1. The number of rotatable bonds is 17. The van der Waals surface area contributed by atoms with Crippen LogP contribution < -0.4 is 21.5 Å². The summed E-state index contributed by atoms with van der Waals surface area (Å²) < 4.78 is 19.6. The van der Waals surface area contributed by atoms with E-state index in [-0.39, 0.29) is 43.5 Å². The van der Waals surface area contributed by atoms with Gasteiger partial charge in [-0.25, -0.2) is 14.4 Å². The number of esters is 1. The number of nitrogens with one attached hydrogen (secondary N) is 1. The molecule has 49 heavy (non-hydrogen) atoms. The lowest BCUT2D eigenvalue weighted by atomic mass is 10.1. The van der Waals surface area contributed by atoms with Crippen LogP contribution in [0.25, 0.3) is 0 Å². The maximum atomic E-state index is 11.7. The van der Waals surface area contributed by atoms with Crippen molar-refractivity contribution in [2.45, 2.75) is 89.8 Å². The van der Waals surface area contributed by atoms with E-state index in [1.54, 1.807) is 20.8 Å². The standard InChI is InChI=1S/C18H24N2O9.C11H17NO4.C3H5N/c1-18(2,3)29-16(23)19-14(15(21)22)6-4-5-11-27-17(24)28-13-9-7-12(8-10-13)20(25)26;1-2-3-7-10(13)16-8-5-4-6-9(12)11(14)15;1-2-3-4/h7-10,14H,4-6,11H2,1-3H3,(H,19,23)(H,21,22);1,9H,3-8,12H2,(H,14,15);1H,3-4H2/t14-;9-;/m00./s1. The Bertz CT molecular complexity index is 1270. The summed E-state index contributed by atoms with van der Waals surface area (Å²) in [5.74, 6) is 2.12. The molecule has 1 rings (SSSR count). The second kappa shape index (κ2) is 26.7. The van der Waals surface area contributed by atoms with Crippen molar-refractivity contribution in [3.63, 3.8) is 0 Å². The molecule has 0 aliphatic rings. The molecule has 0 heterocycles. The normalized spacial score (nSPS) is 11.2. The van der Waals surface area contributed by atoms with Crippen LogP contribution in [0.3, 0.4) is 0 Å². The summed E-state index contributed by atoms with van der Waals surface area (Å²) in [4.78, 5) is 65.8. The second-order valence-corrected chi connectivity index (χ2v) is 10.8. The lowest BCUT2D eigenvalue weighted by molar-refractivity contribution is -0.384. The summed E-state index contributed by atoms with van der Waals surface area (Å²) in [5, 5.41) is 30.5. The maximum Gasteiger partial charge on any atom is 0.513 e. The van der Waals surface area contributed by atoms with Crippen molar-refractivity contribution in [2.75, 3.05) is 19.8 Å². The van der Waals surface area contributed by atoms with Crippen molar-refractivity contribution in [3.8, 4) is 30.4 Å². The van der Waals surface area contributed by atoms with Gasteiger partial charge in [-0.2, -0.15) is 0 Å². The number of nitro groups is 1. The van der Waals surface area contributed by atoms with E-state index in [9.17, 15) is 34.1 Å². The Labute approximate surface area is 285 Å². The van der Waals surface area contributed by atoms with Gasteiger partial charge in [0, 0.05) is 18.6 Å². The number of amides is 1. The predicted octanol–water partition coefficient (Wildman–Crippen LogP) is 3.36. The average molecular weight is 695 g/mol. The number of ether oxygens (including phenoxy) is 4. The molecule has 0 spiro atoms. The zero-order valence-electron chi connectivity index (χ0n) is 27.9. The maximum absolute atomic E-state index is 11.7. The van der Waals surface area contributed by atoms with Crippen LogP contribution in [0.4, 0.5) is 15.3 Å². The molecule has 0 radical (unpaired) electrons. The van der Waals surface area contributed by atoms with Crippen LogP contribution in [-0.2, 0) is 28.6 Å². The van der Waals surface area contributed by atoms with Crippen LogP contribution in [0.5, 0.6) is 5.75 Å². The molecule has 0 saturated carbocycles. The number of carbonyl (C=O) groups excluding carboxylic acids is 3. The SMILES string of the molecule is C#CCCC(=O)OCCCC[C@H](N)C(=O)O.C#CCN.CC(C)(C)OC(=O)N[C@@H](CCCCOC(=O)Oc1ccc([N+](=O)[O-])cc1)C(=O)O. The van der Waals surface area contributed by atoms with Gasteiger partial charge in [-0.1, -0.05) is 5.92 Å². The van der Waals surface area contributed by atoms with Gasteiger partial charge in [-0.3, -0.25) is 19.7 Å². The molecule has 7 N–H and O–H groups in total. The molecule has 0 aliphatic heterocycles. The smallest absolute Gasteiger partial charge is 0.480 e. The number of unbranched alkanes of at least 4 members (excludes halogenated alkanes) is 2. The van der Waals surface area contributed by atoms with E-state index in [0.717, 1.165) is 0 Å². The molecule has 0 bridgehead atoms. The highest BCUT2D eigenvalue weighted by atomic mass is 16.7. The number of carboxylic acids is 2. The molecule has 0 unspecified atom stereocenters. The minimum atomic E-state index is -1.20. The van der Waals surface area contributed by atoms with Gasteiger partial charge in [0.25, 0.3) is 5.69 Å². The van der Waals surface area contributed by atoms with E-state index in [0.29, 0.717) is 45.1 Å². The highest BCUT2D eigenvalue weighted by molar-refractivity contribution is 5.80. The Balaban J connectivity index is 0. The summed E-state index contributed by atoms with van der Waals surface area (Å²) >= 11 is 0. The van der Waals surface area contributed by atoms with Crippen LogP contribution in [0.15, 0.2) is 24.3 Å². The Morgan fingerprint density at radius 2 is 1.49 bits per heavy atom. The molecule has 0 aliphatic carbocycles. The highest BCUT2D eigenvalue weighted by Crippen LogP contribution is 2.18. The number of aliphatic carboxylic acids is 2. The summed E-state index contributed by atoms with van der Waals surface area (Å²) in [7, 11) is 0. The second-order valence-electron chi connectivity index (χ2n) is 10.8. The first-order valence-electron chi connectivity index (χ1n) is 15.0. The molecule has 0 saturated heterocycles. The Morgan fingerprint density at radius 1 is 0.939 bits per heavy atom. The lowest BCUT2D eigenvalue weighted by Crippen LogP contribution is -2.43. The number of non-ortho nitro benzene ring substituents is 1. The molecular weight excluding hydrogens is 648 g/mol. The molecule has 2 atom stereocenters. The van der Waals surface area contributed by atoms with E-state index in [1.807, 2.05) is 0 Å². The number of alkyl carbamates (subject to hydrolysis) is 1. The summed E-state index contributed by atoms with van der Waals surface area (Å²) in [6, 6.07) is 2.94. The van der Waals surface area contributed by atoms with Crippen molar-refractivity contribution >= 4 is 35.8 Å². The number of terminal acetylenes is 2. The van der Waals surface area contributed by atoms with Crippen LogP contribution in [0.2, 0.25) is 0 Å². The molecule has 17 heteroatoms. The van der Waals surface area contributed by atoms with E-state index < -0.39 is 46.8 Å². The third-order valence-electron chi connectivity index (χ3n) is 5.43. The number of nitrogens with zero attached hydrogens (tertiary/aromatic N) is 1. The first-order chi connectivity index (χ1) is 23.0. The third-order valence-corrected chi connectivity index (χ3v) is 5.43. The Morgan fingerprint density at radius 3 is 1.96 bits per heavy atom. The fourth-order valence-electron chi connectivity index (χ4n) is 3.10. The minimum absolute atomic E-state index is 0.0232. The van der Waals surface area contributed by atoms with E-state index >= 15 is 0 Å². The van der Waals surface area contributed by atoms with Crippen molar-refractivity contribution in [1.29, 1.82) is 0 Å². The summed E-state index contributed by atoms with van der Waals surface area (Å²) in [5.41, 5.74) is 9.20. The van der Waals surface area contributed by atoms with Gasteiger partial charge in [0.15, 0.2) is 0 Å². The van der Waals surface area contributed by atoms with Gasteiger partial charge < -0.3 is 45.9 Å². The minimum Gasteiger partial charge on any atom is -0.480 e. The highest BCUT2D eigenvalue weighted by Gasteiger charge is 2.23. The van der Waals surface area contributed by atoms with Gasteiger partial charge in [-0.15, -0.1) is 18.8 Å². The van der Waals surface area contributed by atoms with Crippen molar-refractivity contribution in [1.82, 2.24) is 5.32 Å². The molecule has 17 nitrogen and oxygen atoms in total. The number of hydrogen-bond donors (Lipinski definition) is 5. The van der Waals surface area contributed by atoms with Gasteiger partial charge in [0.05, 0.1) is 31.1 Å². The van der Waals surface area contributed by atoms with Gasteiger partial charge in [0.2, 0.25) is 0 Å². The average Bonchev–Trinajstić information content (AvgIpc) is 3.02. The first kappa shape index (κ1) is 45.7. The number of carboxylic acid groups (broad SMARTS) is 2. The molecule has 1 amide bonds. The van der Waals surface area contributed by atoms with Crippen molar-refractivity contribution < 1.29 is 58.1 Å². The van der Waals surface area contributed by atoms with Crippen molar-refractivity contribution in [2.24, 2.45) is 11.5 Å². The number of carbonyl (C=O) groups is 5. The molecule has 272 valence electrons. The number of nitrogens with two attached hydrogens (primary N) is 2. The lowest BCUT2D eigenvalue weighted by Gasteiger charge is -2.22. The van der Waals surface area contributed by atoms with E-state index in [4.69, 9.17) is 47.1 Å². The number of hydrogen-bond acceptors (Lipinski definition) is 13. The Hall–Kier alpha value is -5.39. The zero-order valence-corrected chi connectivity index (χ0v) is 27.9. The van der Waals surface area contributed by atoms with E-state index in [2.05, 4.69) is 23.6 Å². The van der Waals surface area contributed by atoms with Gasteiger partial charge in [-0.05, 0) is 71.4 Å². The Kier molecular flexibility index (Phi) is 24.9. The zero-order chi connectivity index (χ0) is 37.8. The fraction of sp³-hybridized carbons (Fsp3) is 0.531. The van der Waals surface area contributed by atoms with Gasteiger partial charge in [0.1, 0.15) is 23.4 Å². The topological polar surface area (TPSA) is 270 Å². The van der Waals surface area contributed by atoms with Crippen LogP contribution in [0, 0.1) is 34.8 Å². The van der Waals surface area contributed by atoms with Crippen molar-refractivity contribution in [3.05, 3.63) is 34.4 Å². The number of nitro benzene ring substituents is 1. The quantitative estimate of drug-likeness (QED) is 0.0297. The van der Waals surface area contributed by atoms with Gasteiger partial charge >= 0.3 is 30.2 Å². The molecule has 0 fully saturated rings. The first-order valence-corrected chi connectivity index (χ1v) is 15.0. The third kappa shape index (κ3) is 27.4. The molecular formula is C32H46N4O13. The summed E-state index contributed by atoms with van der Waals surface area (Å²) in [6.07, 6.45) is 10.9. The summed E-state index contributed by atoms with van der Waals surface area (Å²) in [6.45, 7) is 5.60. The van der Waals surface area contributed by atoms with E-state index in [1.165, 1.54) is 24.3 Å². The monoisotopic (exact) mass is 694 g/mol. The predicted molar refractivity (Wildman–Crippen MR) is 176 cm³/mol. The van der Waals surface area contributed by atoms with Crippen LogP contribution >= 0.6 is 0 Å². The molecule has 1 aromatic carbocycles. The molecule has 1 aromatic rings. The van der Waals surface area contributed by atoms with Crippen LogP contribution in [-0.4, -0.2) is 82.7 Å². The van der Waals surface area contributed by atoms with Crippen LogP contribution in [0.1, 0.15) is 72.1 Å². The molecule has 0 aromatic heterocycles. The fourth-order valence-corrected chi connectivity index (χ4v) is 3.10.